The van der Waals surface area contributed by atoms with Crippen molar-refractivity contribution in [3.8, 4) is 0 Å². The van der Waals surface area contributed by atoms with Gasteiger partial charge in [0.05, 0.1) is 24.8 Å². The molecule has 0 saturated carbocycles. The molecule has 180 valence electrons. The molecule has 2 saturated heterocycles. The van der Waals surface area contributed by atoms with Crippen LogP contribution in [0.2, 0.25) is 0 Å². The Morgan fingerprint density at radius 2 is 2.03 bits per heavy atom. The van der Waals surface area contributed by atoms with E-state index in [-0.39, 0.29) is 18.4 Å². The molecule has 2 aliphatic heterocycles. The molecule has 0 radical (unpaired) electrons. The van der Waals surface area contributed by atoms with Gasteiger partial charge in [0.2, 0.25) is 11.9 Å². The number of amides is 1. The van der Waals surface area contributed by atoms with Crippen molar-refractivity contribution in [1.29, 1.82) is 0 Å². The van der Waals surface area contributed by atoms with Crippen molar-refractivity contribution >= 4 is 40.6 Å². The topological polar surface area (TPSA) is 85.2 Å². The molecule has 1 aromatic carbocycles. The van der Waals surface area contributed by atoms with E-state index in [1.54, 1.807) is 11.8 Å². The number of hydrogen-bond donors (Lipinski definition) is 1. The number of nitrogens with zero attached hydrogens (tertiary/aromatic N) is 5. The number of carbonyl (C=O) groups is 1. The summed E-state index contributed by atoms with van der Waals surface area (Å²) in [7, 11) is 0. The molecule has 1 unspecified atom stereocenters. The van der Waals surface area contributed by atoms with Gasteiger partial charge in [0.1, 0.15) is 5.01 Å². The summed E-state index contributed by atoms with van der Waals surface area (Å²) in [6, 6.07) is 7.81. The van der Waals surface area contributed by atoms with E-state index >= 15 is 0 Å². The van der Waals surface area contributed by atoms with Crippen LogP contribution in [0.4, 0.5) is 11.6 Å². The summed E-state index contributed by atoms with van der Waals surface area (Å²) >= 11 is 3.18. The molecule has 1 amide bonds. The zero-order valence-electron chi connectivity index (χ0n) is 19.4. The lowest BCUT2D eigenvalue weighted by Crippen LogP contribution is -2.25. The van der Waals surface area contributed by atoms with Crippen LogP contribution in [0.5, 0.6) is 0 Å². The second-order valence-electron chi connectivity index (χ2n) is 8.83. The van der Waals surface area contributed by atoms with Gasteiger partial charge in [0.15, 0.2) is 5.16 Å². The lowest BCUT2D eigenvalue weighted by atomic mass is 10.2. The number of benzene rings is 1. The van der Waals surface area contributed by atoms with Gasteiger partial charge in [-0.2, -0.15) is 0 Å². The third-order valence-electron chi connectivity index (χ3n) is 6.09. The van der Waals surface area contributed by atoms with Gasteiger partial charge in [0.25, 0.3) is 0 Å². The fourth-order valence-electron chi connectivity index (χ4n) is 4.30. The van der Waals surface area contributed by atoms with Crippen molar-refractivity contribution in [3.63, 3.8) is 0 Å². The summed E-state index contributed by atoms with van der Waals surface area (Å²) in [5, 5.41) is 15.7. The van der Waals surface area contributed by atoms with Crippen molar-refractivity contribution in [1.82, 2.24) is 19.7 Å². The largest absolute Gasteiger partial charge is 0.376 e. The van der Waals surface area contributed by atoms with Crippen LogP contribution in [-0.2, 0) is 28.2 Å². The third kappa shape index (κ3) is 5.79. The Labute approximate surface area is 208 Å². The van der Waals surface area contributed by atoms with Gasteiger partial charge in [-0.15, -0.1) is 21.5 Å². The van der Waals surface area contributed by atoms with E-state index in [1.165, 1.54) is 29.7 Å². The van der Waals surface area contributed by atoms with Crippen LogP contribution in [0, 0.1) is 6.92 Å². The van der Waals surface area contributed by atoms with Gasteiger partial charge in [-0.05, 0) is 44.7 Å². The van der Waals surface area contributed by atoms with Gasteiger partial charge in [-0.3, -0.25) is 9.36 Å². The Kier molecular flexibility index (Phi) is 7.46. The minimum Gasteiger partial charge on any atom is -0.376 e. The predicted octanol–water partition coefficient (Wildman–Crippen LogP) is 4.30. The predicted molar refractivity (Wildman–Crippen MR) is 136 cm³/mol. The maximum absolute atomic E-state index is 12.4. The van der Waals surface area contributed by atoms with Crippen molar-refractivity contribution in [2.75, 3.05) is 29.9 Å². The zero-order chi connectivity index (χ0) is 23.3. The van der Waals surface area contributed by atoms with Gasteiger partial charge < -0.3 is 15.0 Å². The molecule has 10 heteroatoms. The first-order valence-corrected chi connectivity index (χ1v) is 13.7. The molecule has 34 heavy (non-hydrogen) atoms. The molecule has 2 aliphatic rings. The van der Waals surface area contributed by atoms with Crippen LogP contribution in [0.15, 0.2) is 34.8 Å². The Morgan fingerprint density at radius 3 is 2.79 bits per heavy atom. The number of carbonyl (C=O) groups excluding carboxylic acids is 1. The number of anilines is 2. The van der Waals surface area contributed by atoms with Gasteiger partial charge in [0, 0.05) is 36.5 Å². The minimum absolute atomic E-state index is 0.0519. The molecule has 5 rings (SSSR count). The first-order valence-electron chi connectivity index (χ1n) is 11.9. The molecule has 3 aromatic rings. The number of ether oxygens (including phenoxy) is 1. The lowest BCUT2D eigenvalue weighted by Gasteiger charge is -2.20. The highest BCUT2D eigenvalue weighted by Gasteiger charge is 2.25. The molecule has 8 nitrogen and oxygen atoms in total. The molecule has 2 aromatic heterocycles. The van der Waals surface area contributed by atoms with Crippen molar-refractivity contribution < 1.29 is 9.53 Å². The molecule has 2 fully saturated rings. The molecule has 0 spiro atoms. The van der Waals surface area contributed by atoms with Crippen LogP contribution >= 0.6 is 23.1 Å². The standard InChI is InChI=1S/C24H30N6O2S2/c1-17-6-8-18(9-7-17)25-21(31)13-22-26-19(15-33-22)16-34-24-28-27-23(29-10-2-3-11-29)30(24)14-20-5-4-12-32-20/h6-9,15,20H,2-5,10-14,16H2,1H3,(H,25,31). The molecule has 1 atom stereocenters. The summed E-state index contributed by atoms with van der Waals surface area (Å²) in [6.45, 7) is 5.73. The van der Waals surface area contributed by atoms with E-state index < -0.39 is 0 Å². The number of thioether (sulfide) groups is 1. The SMILES string of the molecule is Cc1ccc(NC(=O)Cc2nc(CSc3nnc(N4CCCC4)n3CC3CCCO3)cs2)cc1. The van der Waals surface area contributed by atoms with Crippen molar-refractivity contribution in [2.45, 2.75) is 62.6 Å². The molecule has 0 bridgehead atoms. The second-order valence-corrected chi connectivity index (χ2v) is 10.7. The average Bonchev–Trinajstić information content (AvgIpc) is 3.63. The fraction of sp³-hybridized carbons (Fsp3) is 0.500. The Bertz CT molecular complexity index is 1100. The Balaban J connectivity index is 1.20. The summed E-state index contributed by atoms with van der Waals surface area (Å²) in [4.78, 5) is 19.4. The number of nitrogens with one attached hydrogen (secondary N) is 1. The first-order chi connectivity index (χ1) is 16.6. The van der Waals surface area contributed by atoms with Crippen LogP contribution in [0.25, 0.3) is 0 Å². The number of aryl methyl sites for hydroxylation is 1. The van der Waals surface area contributed by atoms with Crippen LogP contribution in [0.3, 0.4) is 0 Å². The fourth-order valence-corrected chi connectivity index (χ4v) is 6.04. The minimum atomic E-state index is -0.0519. The molecular formula is C24H30N6O2S2. The molecule has 4 heterocycles. The highest BCUT2D eigenvalue weighted by Crippen LogP contribution is 2.29. The third-order valence-corrected chi connectivity index (χ3v) is 7.99. The lowest BCUT2D eigenvalue weighted by molar-refractivity contribution is -0.115. The molecular weight excluding hydrogens is 468 g/mol. The highest BCUT2D eigenvalue weighted by atomic mass is 32.2. The van der Waals surface area contributed by atoms with Crippen LogP contribution in [0.1, 0.15) is 41.9 Å². The quantitative estimate of drug-likeness (QED) is 0.440. The molecule has 1 N–H and O–H groups in total. The van der Waals surface area contributed by atoms with E-state index in [0.29, 0.717) is 5.75 Å². The summed E-state index contributed by atoms with van der Waals surface area (Å²) in [5.74, 6) is 1.60. The van der Waals surface area contributed by atoms with Gasteiger partial charge in [-0.25, -0.2) is 4.98 Å². The maximum Gasteiger partial charge on any atom is 0.231 e. The van der Waals surface area contributed by atoms with Gasteiger partial charge >= 0.3 is 0 Å². The second kappa shape index (κ2) is 10.9. The van der Waals surface area contributed by atoms with E-state index in [4.69, 9.17) is 4.74 Å². The average molecular weight is 499 g/mol. The van der Waals surface area contributed by atoms with Crippen LogP contribution in [-0.4, -0.2) is 51.5 Å². The summed E-state index contributed by atoms with van der Waals surface area (Å²) in [6.07, 6.45) is 5.12. The van der Waals surface area contributed by atoms with Crippen molar-refractivity contribution in [3.05, 3.63) is 45.9 Å². The first kappa shape index (κ1) is 23.3. The monoisotopic (exact) mass is 498 g/mol. The Hall–Kier alpha value is -2.43. The van der Waals surface area contributed by atoms with Gasteiger partial charge in [-0.1, -0.05) is 29.5 Å². The zero-order valence-corrected chi connectivity index (χ0v) is 21.0. The van der Waals surface area contributed by atoms with E-state index in [9.17, 15) is 4.79 Å². The summed E-state index contributed by atoms with van der Waals surface area (Å²) < 4.78 is 8.13. The Morgan fingerprint density at radius 1 is 1.21 bits per heavy atom. The van der Waals surface area contributed by atoms with Crippen LogP contribution < -0.4 is 10.2 Å². The number of aromatic nitrogens is 4. The smallest absolute Gasteiger partial charge is 0.231 e. The number of hydrogen-bond acceptors (Lipinski definition) is 8. The number of rotatable bonds is 9. The maximum atomic E-state index is 12.4. The van der Waals surface area contributed by atoms with E-state index in [1.807, 2.05) is 36.6 Å². The molecule has 0 aliphatic carbocycles. The van der Waals surface area contributed by atoms with Crippen molar-refractivity contribution in [2.24, 2.45) is 0 Å². The van der Waals surface area contributed by atoms with E-state index in [0.717, 1.165) is 66.6 Å². The normalized spacial score (nSPS) is 18.0. The number of thiazole rings is 1. The van der Waals surface area contributed by atoms with E-state index in [2.05, 4.69) is 30.0 Å². The highest BCUT2D eigenvalue weighted by molar-refractivity contribution is 7.98. The summed E-state index contributed by atoms with van der Waals surface area (Å²) in [5.41, 5.74) is 2.93.